The Labute approximate surface area is 509 Å². The number of aliphatic hydroxyl groups excluding tert-OH is 1. The van der Waals surface area contributed by atoms with E-state index in [-0.39, 0.29) is 48.6 Å². The number of aromatic hydroxyl groups is 1. The molecule has 2 bridgehead atoms. The Morgan fingerprint density at radius 2 is 1.52 bits per heavy atom. The molecule has 6 saturated heterocycles. The lowest BCUT2D eigenvalue weighted by Gasteiger charge is -2.47. The molecule has 20 heteroatoms. The van der Waals surface area contributed by atoms with Crippen LogP contribution in [0, 0.1) is 30.1 Å². The van der Waals surface area contributed by atoms with Crippen LogP contribution in [0.1, 0.15) is 120 Å². The number of aromatic nitrogens is 5. The van der Waals surface area contributed by atoms with E-state index < -0.39 is 18.1 Å². The number of nitrogens with two attached hydrogens (primary N) is 1. The zero-order chi connectivity index (χ0) is 59.2. The predicted molar refractivity (Wildman–Crippen MR) is 334 cm³/mol. The van der Waals surface area contributed by atoms with E-state index in [1.807, 2.05) is 75.8 Å². The lowest BCUT2D eigenvalue weighted by Crippen LogP contribution is -2.54. The van der Waals surface area contributed by atoms with Crippen molar-refractivity contribution < 1.29 is 29.1 Å². The van der Waals surface area contributed by atoms with E-state index >= 15 is 0 Å². The minimum absolute atomic E-state index is 0.0955. The second kappa shape index (κ2) is 24.7. The van der Waals surface area contributed by atoms with Crippen LogP contribution >= 0.6 is 11.3 Å². The Bertz CT molecular complexity index is 3310. The quantitative estimate of drug-likeness (QED) is 0.0670. The average molecular weight is 1190 g/mol. The van der Waals surface area contributed by atoms with Crippen molar-refractivity contribution in [2.75, 3.05) is 92.4 Å². The first-order valence-electron chi connectivity index (χ1n) is 31.7. The van der Waals surface area contributed by atoms with Gasteiger partial charge in [-0.05, 0) is 163 Å². The maximum Gasteiger partial charge on any atom is 0.243 e. The van der Waals surface area contributed by atoms with E-state index in [9.17, 15) is 19.8 Å². The molecule has 7 aliphatic rings. The third kappa shape index (κ3) is 12.2. The number of nitrogens with one attached hydrogen (secondary N) is 1. The van der Waals surface area contributed by atoms with Crippen LogP contribution in [0.4, 0.5) is 23.0 Å². The molecule has 6 aliphatic heterocycles. The fourth-order valence-corrected chi connectivity index (χ4v) is 16.2. The van der Waals surface area contributed by atoms with Crippen molar-refractivity contribution in [3.63, 3.8) is 0 Å². The second-order valence-corrected chi connectivity index (χ2v) is 27.4. The van der Waals surface area contributed by atoms with Crippen molar-refractivity contribution in [3.8, 4) is 33.3 Å². The normalized spacial score (nSPS) is 25.2. The number of carbonyl (C=O) groups excluding carboxylic acids is 2. The van der Waals surface area contributed by atoms with Crippen molar-refractivity contribution >= 4 is 46.2 Å². The number of hydrogen-bond donors (Lipinski definition) is 4. The van der Waals surface area contributed by atoms with Crippen molar-refractivity contribution in [3.05, 3.63) is 102 Å². The van der Waals surface area contributed by atoms with Crippen LogP contribution in [0.25, 0.3) is 21.7 Å². The molecule has 10 heterocycles. The molecular formula is C66H85N13O6S. The van der Waals surface area contributed by atoms with E-state index in [0.717, 1.165) is 116 Å². The number of piperidine rings is 3. The van der Waals surface area contributed by atoms with Gasteiger partial charge >= 0.3 is 0 Å². The summed E-state index contributed by atoms with van der Waals surface area (Å²) in [5.74, 6) is 2.74. The van der Waals surface area contributed by atoms with E-state index in [1.165, 1.54) is 64.1 Å². The standard InChI is InChI=1S/C66H85N13O6S/c1-41(2)61(65(83)78-39-51(80)32-56(78)64(82)70-42(3)46-9-11-47(12-10-46)62-43(4)69-40-86-62)58-34-59(73-85-58)76-27-20-66(21-28-76)18-25-75(26-19-66)35-44-16-23-74(24-17-44)36-45-29-52(30-45)84-60-31-48(15-22-68-60)79-49-13-14-50(79)38-77(37-49)55-33-54(71-72-63(55)67)53-7-5-6-8-57(53)81/h5-12,15,22,31,33-34,40-42,44-45,49-52,56,61,80-81H,13-14,16-21,23-30,32,35-39H2,1-4H3,(H2,67,72)(H,70,82)/t42-,45?,49+,50?,51+,52?,56-,61+/m0/s1. The molecule has 86 heavy (non-hydrogen) atoms. The van der Waals surface area contributed by atoms with Gasteiger partial charge in [0.25, 0.3) is 0 Å². The maximum absolute atomic E-state index is 14.5. The molecular weight excluding hydrogens is 1100 g/mol. The van der Waals surface area contributed by atoms with Gasteiger partial charge in [0.15, 0.2) is 17.4 Å². The summed E-state index contributed by atoms with van der Waals surface area (Å²) in [6.45, 7) is 18.6. The van der Waals surface area contributed by atoms with Crippen LogP contribution in [0.2, 0.25) is 0 Å². The number of nitrogen functional groups attached to an aromatic ring is 1. The van der Waals surface area contributed by atoms with E-state index in [2.05, 4.69) is 79.4 Å². The van der Waals surface area contributed by atoms with E-state index in [0.29, 0.717) is 46.3 Å². The van der Waals surface area contributed by atoms with E-state index in [1.54, 1.807) is 28.4 Å². The number of piperazine rings is 1. The summed E-state index contributed by atoms with van der Waals surface area (Å²) in [5.41, 5.74) is 14.9. The lowest BCUT2D eigenvalue weighted by molar-refractivity contribution is -0.141. The monoisotopic (exact) mass is 1190 g/mol. The fourth-order valence-electron chi connectivity index (χ4n) is 15.4. The summed E-state index contributed by atoms with van der Waals surface area (Å²) >= 11 is 1.61. The van der Waals surface area contributed by atoms with Crippen molar-refractivity contribution in [1.82, 2.24) is 45.3 Å². The van der Waals surface area contributed by atoms with Gasteiger partial charge in [-0.2, -0.15) is 0 Å². The van der Waals surface area contributed by atoms with Crippen molar-refractivity contribution in [2.45, 2.75) is 141 Å². The second-order valence-electron chi connectivity index (χ2n) is 26.5. The molecule has 2 amide bonds. The molecule has 4 aromatic heterocycles. The van der Waals surface area contributed by atoms with Crippen LogP contribution in [0.5, 0.6) is 11.6 Å². The topological polar surface area (TPSA) is 219 Å². The highest BCUT2D eigenvalue weighted by Crippen LogP contribution is 2.45. The number of para-hydroxylation sites is 1. The first kappa shape index (κ1) is 58.2. The number of aliphatic hydroxyl groups is 1. The molecule has 1 saturated carbocycles. The Hall–Kier alpha value is -6.87. The smallest absolute Gasteiger partial charge is 0.243 e. The van der Waals surface area contributed by atoms with Crippen LogP contribution in [-0.2, 0) is 9.59 Å². The van der Waals surface area contributed by atoms with Gasteiger partial charge in [-0.3, -0.25) is 9.59 Å². The number of nitrogens with zero attached hydrogens (tertiary/aromatic N) is 11. The Morgan fingerprint density at radius 1 is 0.814 bits per heavy atom. The molecule has 13 rings (SSSR count). The van der Waals surface area contributed by atoms with Gasteiger partial charge in [-0.25, -0.2) is 9.97 Å². The summed E-state index contributed by atoms with van der Waals surface area (Å²) in [6.07, 6.45) is 13.1. The number of likely N-dealkylation sites (tertiary alicyclic amines) is 3. The molecule has 456 valence electrons. The number of phenolic OH excluding ortho intramolecular Hbond substituents is 1. The number of ether oxygens (including phenoxy) is 1. The molecule has 2 aromatic carbocycles. The maximum atomic E-state index is 14.5. The average Bonchev–Trinajstić information content (AvgIpc) is 2.24. The number of carbonyl (C=O) groups is 2. The number of thiazole rings is 1. The summed E-state index contributed by atoms with van der Waals surface area (Å²) in [4.78, 5) is 52.7. The molecule has 1 aliphatic carbocycles. The van der Waals surface area contributed by atoms with Gasteiger partial charge in [0.2, 0.25) is 17.7 Å². The molecule has 7 fully saturated rings. The number of fused-ring (bicyclic) bond motifs is 2. The number of β-amino-alcohol motifs (C(OH)–C–C–N with tert-alkyl or cyclic N) is 1. The number of aryl methyl sites for hydroxylation is 1. The van der Waals surface area contributed by atoms with Gasteiger partial charge in [0, 0.05) is 93.9 Å². The van der Waals surface area contributed by atoms with Gasteiger partial charge in [-0.1, -0.05) is 55.4 Å². The Balaban J connectivity index is 0.522. The summed E-state index contributed by atoms with van der Waals surface area (Å²) in [6, 6.07) is 23.1. The summed E-state index contributed by atoms with van der Waals surface area (Å²) in [5, 5.41) is 37.6. The summed E-state index contributed by atoms with van der Waals surface area (Å²) < 4.78 is 12.6. The number of hydrogen-bond acceptors (Lipinski definition) is 18. The van der Waals surface area contributed by atoms with Gasteiger partial charge in [0.1, 0.15) is 23.8 Å². The first-order chi connectivity index (χ1) is 41.7. The first-order valence-corrected chi connectivity index (χ1v) is 32.6. The van der Waals surface area contributed by atoms with Crippen molar-refractivity contribution in [2.24, 2.45) is 23.2 Å². The third-order valence-electron chi connectivity index (χ3n) is 20.5. The van der Waals surface area contributed by atoms with Crippen LogP contribution < -0.4 is 30.5 Å². The largest absolute Gasteiger partial charge is 0.507 e. The highest BCUT2D eigenvalue weighted by Gasteiger charge is 2.46. The highest BCUT2D eigenvalue weighted by molar-refractivity contribution is 7.13. The van der Waals surface area contributed by atoms with Crippen LogP contribution in [0.3, 0.4) is 0 Å². The molecule has 1 spiro atoms. The zero-order valence-corrected chi connectivity index (χ0v) is 51.2. The lowest BCUT2D eigenvalue weighted by atomic mass is 9.71. The Morgan fingerprint density at radius 3 is 2.23 bits per heavy atom. The number of pyridine rings is 1. The fraction of sp³-hybridized carbons (Fsp3) is 0.561. The molecule has 6 aromatic rings. The van der Waals surface area contributed by atoms with Gasteiger partial charge < -0.3 is 59.9 Å². The van der Waals surface area contributed by atoms with Gasteiger partial charge in [0.05, 0.1) is 39.6 Å². The zero-order valence-electron chi connectivity index (χ0n) is 50.3. The number of rotatable bonds is 17. The SMILES string of the molecule is Cc1ncsc1-c1ccc([C@H](C)NC(=O)[C@@H]2C[C@@H](O)CN2C(=O)[C@@H](c2cc(N3CCC4(CCN(CC5CCN(CC6CC(Oc7cc(N8C9CC[C@@H]8CN(c8cc(-c%10ccccc%10O)nnc8N)C9)ccn7)C6)CC5)CC4)CC3)no2)C(C)C)cc1. The van der Waals surface area contributed by atoms with Crippen LogP contribution in [-0.4, -0.2) is 164 Å². The highest BCUT2D eigenvalue weighted by atomic mass is 32.1. The predicted octanol–water partition coefficient (Wildman–Crippen LogP) is 8.93. The third-order valence-corrected chi connectivity index (χ3v) is 21.5. The molecule has 6 atom stereocenters. The van der Waals surface area contributed by atoms with Crippen molar-refractivity contribution in [1.29, 1.82) is 0 Å². The van der Waals surface area contributed by atoms with E-state index in [4.69, 9.17) is 15.0 Å². The van der Waals surface area contributed by atoms with Crippen LogP contribution in [0.15, 0.2) is 89.0 Å². The summed E-state index contributed by atoms with van der Waals surface area (Å²) in [7, 11) is 0. The number of amides is 2. The molecule has 5 N–H and O–H groups in total. The molecule has 1 unspecified atom stereocenters. The Kier molecular flexibility index (Phi) is 16.7. The number of phenols is 1. The molecule has 0 radical (unpaired) electrons. The van der Waals surface area contributed by atoms with Gasteiger partial charge in [-0.15, -0.1) is 21.5 Å². The minimum atomic E-state index is -0.794. The number of anilines is 4. The molecule has 19 nitrogen and oxygen atoms in total. The minimum Gasteiger partial charge on any atom is -0.507 e. The number of benzene rings is 2.